The van der Waals surface area contributed by atoms with Gasteiger partial charge in [0.15, 0.2) is 6.10 Å². The average Bonchev–Trinajstić information content (AvgIpc) is 3.24. The van der Waals surface area contributed by atoms with E-state index in [1.165, 1.54) is 77.0 Å². The van der Waals surface area contributed by atoms with Crippen LogP contribution in [0.15, 0.2) is 85.1 Å². The van der Waals surface area contributed by atoms with Gasteiger partial charge in [0.2, 0.25) is 0 Å². The molecule has 0 rings (SSSR count). The Labute approximate surface area is 369 Å². The maximum Gasteiger partial charge on any atom is 0.306 e. The lowest BCUT2D eigenvalue weighted by Gasteiger charge is -2.18. The Morgan fingerprint density at radius 2 is 0.667 bits per heavy atom. The number of carbonyl (C=O) groups is 3. The van der Waals surface area contributed by atoms with Crippen molar-refractivity contribution in [1.29, 1.82) is 0 Å². The molecule has 0 N–H and O–H groups in total. The van der Waals surface area contributed by atoms with Gasteiger partial charge in [0, 0.05) is 19.3 Å². The van der Waals surface area contributed by atoms with Crippen molar-refractivity contribution in [2.45, 2.75) is 226 Å². The van der Waals surface area contributed by atoms with Gasteiger partial charge in [0.05, 0.1) is 0 Å². The van der Waals surface area contributed by atoms with Gasteiger partial charge in [-0.2, -0.15) is 0 Å². The van der Waals surface area contributed by atoms with E-state index in [-0.39, 0.29) is 37.5 Å². The number of carbonyl (C=O) groups excluding carboxylic acids is 3. The minimum Gasteiger partial charge on any atom is -0.462 e. The molecule has 0 fully saturated rings. The van der Waals surface area contributed by atoms with E-state index in [0.29, 0.717) is 19.3 Å². The largest absolute Gasteiger partial charge is 0.462 e. The first kappa shape index (κ1) is 56.6. The molecule has 0 aromatic heterocycles. The molecule has 0 saturated heterocycles. The number of hydrogen-bond donors (Lipinski definition) is 0. The molecule has 6 nitrogen and oxygen atoms in total. The topological polar surface area (TPSA) is 78.9 Å². The molecule has 0 aliphatic rings. The number of ether oxygens (including phenoxy) is 3. The fourth-order valence-electron chi connectivity index (χ4n) is 6.41. The van der Waals surface area contributed by atoms with Crippen molar-refractivity contribution in [2.24, 2.45) is 0 Å². The van der Waals surface area contributed by atoms with Crippen molar-refractivity contribution >= 4 is 17.9 Å². The second-order valence-corrected chi connectivity index (χ2v) is 16.0. The van der Waals surface area contributed by atoms with E-state index in [4.69, 9.17) is 14.2 Å². The second kappa shape index (κ2) is 48.3. The van der Waals surface area contributed by atoms with E-state index in [9.17, 15) is 14.4 Å². The van der Waals surface area contributed by atoms with Gasteiger partial charge in [0.25, 0.3) is 0 Å². The molecule has 342 valence electrons. The summed E-state index contributed by atoms with van der Waals surface area (Å²) < 4.78 is 16.7. The zero-order valence-corrected chi connectivity index (χ0v) is 38.9. The summed E-state index contributed by atoms with van der Waals surface area (Å²) in [6.45, 7) is 6.39. The number of hydrogen-bond acceptors (Lipinski definition) is 6. The van der Waals surface area contributed by atoms with Crippen molar-refractivity contribution in [2.75, 3.05) is 13.2 Å². The fourth-order valence-corrected chi connectivity index (χ4v) is 6.41. The third-order valence-electron chi connectivity index (χ3n) is 10.1. The molecule has 0 radical (unpaired) electrons. The molecule has 0 spiro atoms. The van der Waals surface area contributed by atoms with E-state index in [1.54, 1.807) is 0 Å². The third-order valence-corrected chi connectivity index (χ3v) is 10.1. The summed E-state index contributed by atoms with van der Waals surface area (Å²) in [6.07, 6.45) is 61.5. The first-order chi connectivity index (χ1) is 29.5. The van der Waals surface area contributed by atoms with Crippen LogP contribution >= 0.6 is 0 Å². The highest BCUT2D eigenvalue weighted by Crippen LogP contribution is 2.13. The molecule has 60 heavy (non-hydrogen) atoms. The van der Waals surface area contributed by atoms with Crippen LogP contribution < -0.4 is 0 Å². The fraction of sp³-hybridized carbons (Fsp3) is 0.685. The van der Waals surface area contributed by atoms with E-state index < -0.39 is 6.10 Å². The molecule has 0 bridgehead atoms. The lowest BCUT2D eigenvalue weighted by molar-refractivity contribution is -0.167. The lowest BCUT2D eigenvalue weighted by atomic mass is 10.1. The Hall–Kier alpha value is -3.41. The monoisotopic (exact) mass is 835 g/mol. The number of rotatable bonds is 43. The lowest BCUT2D eigenvalue weighted by Crippen LogP contribution is -2.30. The summed E-state index contributed by atoms with van der Waals surface area (Å²) in [5.74, 6) is -0.983. The van der Waals surface area contributed by atoms with Crippen molar-refractivity contribution in [3.05, 3.63) is 85.1 Å². The Morgan fingerprint density at radius 1 is 0.350 bits per heavy atom. The first-order valence-electron chi connectivity index (χ1n) is 24.6. The van der Waals surface area contributed by atoms with E-state index in [2.05, 4.69) is 106 Å². The molecule has 0 aromatic carbocycles. The molecule has 1 unspecified atom stereocenters. The number of esters is 3. The summed E-state index contributed by atoms with van der Waals surface area (Å²) >= 11 is 0. The van der Waals surface area contributed by atoms with Crippen molar-refractivity contribution in [1.82, 2.24) is 0 Å². The van der Waals surface area contributed by atoms with Crippen LogP contribution in [0.1, 0.15) is 220 Å². The Balaban J connectivity index is 4.43. The molecule has 0 amide bonds. The van der Waals surface area contributed by atoms with Gasteiger partial charge < -0.3 is 14.2 Å². The smallest absolute Gasteiger partial charge is 0.306 e. The zero-order chi connectivity index (χ0) is 43.7. The van der Waals surface area contributed by atoms with Crippen LogP contribution in [0.25, 0.3) is 0 Å². The van der Waals surface area contributed by atoms with E-state index in [0.717, 1.165) is 96.3 Å². The Bertz CT molecular complexity index is 1190. The molecule has 6 heteroatoms. The Kier molecular flexibility index (Phi) is 45.5. The normalized spacial score (nSPS) is 12.8. The Morgan fingerprint density at radius 3 is 1.15 bits per heavy atom. The van der Waals surface area contributed by atoms with Gasteiger partial charge in [-0.1, -0.05) is 176 Å². The second-order valence-electron chi connectivity index (χ2n) is 16.0. The predicted molar refractivity (Wildman–Crippen MR) is 256 cm³/mol. The molecule has 0 aliphatic carbocycles. The molecule has 0 heterocycles. The van der Waals surface area contributed by atoms with Gasteiger partial charge in [-0.3, -0.25) is 14.4 Å². The molecular formula is C54H90O6. The van der Waals surface area contributed by atoms with Crippen LogP contribution in [0.4, 0.5) is 0 Å². The van der Waals surface area contributed by atoms with Gasteiger partial charge in [-0.05, 0) is 109 Å². The highest BCUT2D eigenvalue weighted by molar-refractivity contribution is 5.71. The van der Waals surface area contributed by atoms with Crippen LogP contribution in [0, 0.1) is 0 Å². The number of allylic oxidation sites excluding steroid dienone is 14. The molecule has 1 atom stereocenters. The highest BCUT2D eigenvalue weighted by atomic mass is 16.6. The molecule has 0 aromatic rings. The number of unbranched alkanes of at least 4 members (excludes halogenated alkanes) is 18. The van der Waals surface area contributed by atoms with Crippen LogP contribution in [0.3, 0.4) is 0 Å². The van der Waals surface area contributed by atoms with Gasteiger partial charge >= 0.3 is 17.9 Å². The van der Waals surface area contributed by atoms with Crippen molar-refractivity contribution < 1.29 is 28.6 Å². The van der Waals surface area contributed by atoms with E-state index >= 15 is 0 Å². The maximum absolute atomic E-state index is 12.7. The first-order valence-corrected chi connectivity index (χ1v) is 24.6. The van der Waals surface area contributed by atoms with Crippen LogP contribution in [-0.4, -0.2) is 37.2 Å². The van der Waals surface area contributed by atoms with Crippen LogP contribution in [0.5, 0.6) is 0 Å². The highest BCUT2D eigenvalue weighted by Gasteiger charge is 2.19. The summed E-state index contributed by atoms with van der Waals surface area (Å²) in [6, 6.07) is 0. The zero-order valence-electron chi connectivity index (χ0n) is 38.9. The SMILES string of the molecule is CC/C=C\C/C=C\C/C=C\C/C=C\CCCCCC(=O)OC(COC(=O)CCC/C=C\CCCCCC)COC(=O)CCCCCCCCC/C=C\C/C=C\CCCCC. The van der Waals surface area contributed by atoms with Crippen molar-refractivity contribution in [3.8, 4) is 0 Å². The summed E-state index contributed by atoms with van der Waals surface area (Å²) in [7, 11) is 0. The predicted octanol–water partition coefficient (Wildman–Crippen LogP) is 16.0. The van der Waals surface area contributed by atoms with Crippen molar-refractivity contribution in [3.63, 3.8) is 0 Å². The molecule has 0 aliphatic heterocycles. The van der Waals surface area contributed by atoms with E-state index in [1.807, 2.05) is 0 Å². The van der Waals surface area contributed by atoms with Crippen LogP contribution in [-0.2, 0) is 28.6 Å². The maximum atomic E-state index is 12.7. The minimum absolute atomic E-state index is 0.103. The summed E-state index contributed by atoms with van der Waals surface area (Å²) in [4.78, 5) is 37.8. The van der Waals surface area contributed by atoms with Crippen LogP contribution in [0.2, 0.25) is 0 Å². The third kappa shape index (κ3) is 45.7. The van der Waals surface area contributed by atoms with Gasteiger partial charge in [-0.15, -0.1) is 0 Å². The average molecular weight is 835 g/mol. The quantitative estimate of drug-likeness (QED) is 0.0263. The minimum atomic E-state index is -0.806. The van der Waals surface area contributed by atoms with Gasteiger partial charge in [-0.25, -0.2) is 0 Å². The molecular weight excluding hydrogens is 745 g/mol. The summed E-state index contributed by atoms with van der Waals surface area (Å²) in [5, 5.41) is 0. The standard InChI is InChI=1S/C54H90O6/c1-4-7-10-13-16-19-21-23-25-27-29-30-32-35-38-41-44-47-53(56)59-50-51(49-58-52(55)46-43-40-37-34-18-15-12-9-6-3)60-54(57)48-45-42-39-36-33-31-28-26-24-22-20-17-14-11-8-5-2/h8,11,16-17,19-20,23-26,31,33-34,37,51H,4-7,9-10,12-15,18,21-22,27-30,32,35-36,38-50H2,1-3H3/b11-8-,19-16-,20-17-,25-23-,26-24-,33-31-,37-34-. The molecule has 0 saturated carbocycles. The summed E-state index contributed by atoms with van der Waals surface area (Å²) in [5.41, 5.74) is 0. The van der Waals surface area contributed by atoms with Gasteiger partial charge in [0.1, 0.15) is 13.2 Å².